The minimum absolute atomic E-state index is 0.198. The fraction of sp³-hybridized carbons (Fsp3) is 0.417. The maximum Gasteiger partial charge on any atom is 0.243 e. The van der Waals surface area contributed by atoms with Crippen molar-refractivity contribution in [3.05, 3.63) is 71.0 Å². The molecule has 0 aromatic heterocycles. The minimum Gasteiger partial charge on any atom is -0.379 e. The molecule has 4 rings (SSSR count). The van der Waals surface area contributed by atoms with E-state index in [1.807, 2.05) is 18.2 Å². The highest BCUT2D eigenvalue weighted by Crippen LogP contribution is 2.23. The fourth-order valence-corrected chi connectivity index (χ4v) is 5.12. The summed E-state index contributed by atoms with van der Waals surface area (Å²) in [5.41, 5.74) is 2.76. The molecule has 2 amide bonds. The van der Waals surface area contributed by atoms with Crippen molar-refractivity contribution in [3.63, 3.8) is 0 Å². The molecule has 2 N–H and O–H groups in total. The summed E-state index contributed by atoms with van der Waals surface area (Å²) in [5.74, 6) is -0.267. The third-order valence-corrected chi connectivity index (χ3v) is 7.13. The quantitative estimate of drug-likeness (QED) is 0.667. The Morgan fingerprint density at radius 2 is 1.78 bits per heavy atom. The predicted molar refractivity (Wildman–Crippen MR) is 123 cm³/mol. The van der Waals surface area contributed by atoms with E-state index < -0.39 is 11.3 Å². The summed E-state index contributed by atoms with van der Waals surface area (Å²) in [5, 5.41) is 5.38. The van der Waals surface area contributed by atoms with Gasteiger partial charge in [-0.3, -0.25) is 14.5 Å². The Bertz CT molecular complexity index is 952. The lowest BCUT2D eigenvalue weighted by Crippen LogP contribution is -2.54. The molecule has 0 saturated carbocycles. The summed E-state index contributed by atoms with van der Waals surface area (Å²) in [4.78, 5) is 27.6. The molecule has 2 aliphatic heterocycles. The van der Waals surface area contributed by atoms with Crippen LogP contribution in [0.25, 0.3) is 0 Å². The van der Waals surface area contributed by atoms with Gasteiger partial charge in [0.25, 0.3) is 0 Å². The first-order valence-electron chi connectivity index (χ1n) is 10.9. The van der Waals surface area contributed by atoms with Crippen LogP contribution in [-0.2, 0) is 33.8 Å². The average Bonchev–Trinajstić information content (AvgIpc) is 2.81. The molecule has 2 aromatic rings. The van der Waals surface area contributed by atoms with E-state index in [9.17, 15) is 14.0 Å². The number of rotatable bonds is 7. The minimum atomic E-state index is -0.587. The van der Waals surface area contributed by atoms with Crippen molar-refractivity contribution in [2.24, 2.45) is 0 Å². The SMILES string of the molecule is O=C(NCc1ccccc1CN1CCOCC1)C1CSC(Cc2ccccc2F)C(=O)N1. The first-order chi connectivity index (χ1) is 15.6. The van der Waals surface area contributed by atoms with Gasteiger partial charge in [-0.2, -0.15) is 0 Å². The van der Waals surface area contributed by atoms with Crippen molar-refractivity contribution >= 4 is 23.6 Å². The van der Waals surface area contributed by atoms with Gasteiger partial charge in [-0.05, 0) is 29.2 Å². The van der Waals surface area contributed by atoms with Gasteiger partial charge in [-0.15, -0.1) is 11.8 Å². The summed E-state index contributed by atoms with van der Waals surface area (Å²) < 4.78 is 19.3. The van der Waals surface area contributed by atoms with Crippen LogP contribution in [0.4, 0.5) is 4.39 Å². The topological polar surface area (TPSA) is 70.7 Å². The lowest BCUT2D eigenvalue weighted by Gasteiger charge is -2.29. The third-order valence-electron chi connectivity index (χ3n) is 5.82. The van der Waals surface area contributed by atoms with Gasteiger partial charge in [0.2, 0.25) is 11.8 Å². The number of nitrogens with one attached hydrogen (secondary N) is 2. The Balaban J connectivity index is 1.29. The van der Waals surface area contributed by atoms with Crippen LogP contribution in [0, 0.1) is 5.82 Å². The van der Waals surface area contributed by atoms with Crippen LogP contribution in [0.2, 0.25) is 0 Å². The molecule has 0 aliphatic carbocycles. The average molecular weight is 458 g/mol. The number of amides is 2. The summed E-state index contributed by atoms with van der Waals surface area (Å²) >= 11 is 1.40. The van der Waals surface area contributed by atoms with Crippen molar-refractivity contribution in [2.75, 3.05) is 32.1 Å². The van der Waals surface area contributed by atoms with Crippen LogP contribution in [0.3, 0.4) is 0 Å². The molecule has 170 valence electrons. The Morgan fingerprint density at radius 3 is 2.50 bits per heavy atom. The maximum absolute atomic E-state index is 13.9. The highest BCUT2D eigenvalue weighted by Gasteiger charge is 2.32. The fourth-order valence-electron chi connectivity index (χ4n) is 3.94. The van der Waals surface area contributed by atoms with E-state index in [4.69, 9.17) is 4.74 Å². The number of hydrogen-bond donors (Lipinski definition) is 2. The molecule has 2 aromatic carbocycles. The van der Waals surface area contributed by atoms with Gasteiger partial charge in [0.05, 0.1) is 18.5 Å². The Morgan fingerprint density at radius 1 is 1.09 bits per heavy atom. The number of nitrogens with zero attached hydrogens (tertiary/aromatic N) is 1. The van der Waals surface area contributed by atoms with E-state index in [-0.39, 0.29) is 17.6 Å². The first kappa shape index (κ1) is 22.8. The summed E-state index contributed by atoms with van der Waals surface area (Å²) in [6.07, 6.45) is 0.312. The van der Waals surface area contributed by atoms with Gasteiger partial charge in [-0.25, -0.2) is 4.39 Å². The van der Waals surface area contributed by atoms with Crippen molar-refractivity contribution in [2.45, 2.75) is 30.8 Å². The molecule has 2 heterocycles. The number of hydrogen-bond acceptors (Lipinski definition) is 5. The molecule has 2 aliphatic rings. The van der Waals surface area contributed by atoms with Gasteiger partial charge in [0, 0.05) is 31.9 Å². The van der Waals surface area contributed by atoms with E-state index in [0.29, 0.717) is 24.3 Å². The van der Waals surface area contributed by atoms with Crippen LogP contribution in [0.1, 0.15) is 16.7 Å². The highest BCUT2D eigenvalue weighted by molar-refractivity contribution is 8.00. The lowest BCUT2D eigenvalue weighted by atomic mass is 10.1. The van der Waals surface area contributed by atoms with Crippen LogP contribution >= 0.6 is 11.8 Å². The van der Waals surface area contributed by atoms with Gasteiger partial charge < -0.3 is 15.4 Å². The lowest BCUT2D eigenvalue weighted by molar-refractivity contribution is -0.128. The van der Waals surface area contributed by atoms with Gasteiger partial charge >= 0.3 is 0 Å². The van der Waals surface area contributed by atoms with E-state index >= 15 is 0 Å². The number of ether oxygens (including phenoxy) is 1. The van der Waals surface area contributed by atoms with Crippen LogP contribution in [0.5, 0.6) is 0 Å². The summed E-state index contributed by atoms with van der Waals surface area (Å²) in [7, 11) is 0. The second-order valence-electron chi connectivity index (χ2n) is 8.05. The van der Waals surface area contributed by atoms with E-state index in [1.54, 1.807) is 18.2 Å². The second kappa shape index (κ2) is 10.9. The number of morpholine rings is 1. The molecule has 2 unspecified atom stereocenters. The number of carbonyl (C=O) groups excluding carboxylic acids is 2. The Labute approximate surface area is 191 Å². The first-order valence-corrected chi connectivity index (χ1v) is 11.9. The molecule has 8 heteroatoms. The van der Waals surface area contributed by atoms with Crippen molar-refractivity contribution in [1.29, 1.82) is 0 Å². The summed E-state index contributed by atoms with van der Waals surface area (Å²) in [6, 6.07) is 14.0. The maximum atomic E-state index is 13.9. The number of halogens is 1. The van der Waals surface area contributed by atoms with Crippen LogP contribution in [-0.4, -0.2) is 60.1 Å². The monoisotopic (exact) mass is 457 g/mol. The molecule has 0 bridgehead atoms. The Kier molecular flexibility index (Phi) is 7.78. The molecule has 2 saturated heterocycles. The van der Waals surface area contributed by atoms with Crippen molar-refractivity contribution in [1.82, 2.24) is 15.5 Å². The summed E-state index contributed by atoms with van der Waals surface area (Å²) in [6.45, 7) is 4.53. The zero-order valence-corrected chi connectivity index (χ0v) is 18.7. The Hall–Kier alpha value is -2.42. The van der Waals surface area contributed by atoms with Crippen LogP contribution in [0.15, 0.2) is 48.5 Å². The van der Waals surface area contributed by atoms with Crippen molar-refractivity contribution in [3.8, 4) is 0 Å². The molecule has 32 heavy (non-hydrogen) atoms. The van der Waals surface area contributed by atoms with E-state index in [2.05, 4.69) is 21.6 Å². The number of thioether (sulfide) groups is 1. The molecule has 2 atom stereocenters. The molecule has 2 fully saturated rings. The molecule has 0 radical (unpaired) electrons. The number of carbonyl (C=O) groups is 2. The molecular formula is C24H28FN3O3S. The second-order valence-corrected chi connectivity index (χ2v) is 9.29. The molecule has 6 nitrogen and oxygen atoms in total. The van der Waals surface area contributed by atoms with Crippen molar-refractivity contribution < 1.29 is 18.7 Å². The normalized spacial score (nSPS) is 21.7. The van der Waals surface area contributed by atoms with Gasteiger partial charge in [0.1, 0.15) is 11.9 Å². The molecular weight excluding hydrogens is 429 g/mol. The molecule has 0 spiro atoms. The number of benzene rings is 2. The standard InChI is InChI=1S/C24H28FN3O3S/c25-20-8-4-3-5-17(20)13-22-24(30)27-21(16-32-22)23(29)26-14-18-6-1-2-7-19(18)15-28-9-11-31-12-10-28/h1-8,21-22H,9-16H2,(H,26,29)(H,27,30). The largest absolute Gasteiger partial charge is 0.379 e. The highest BCUT2D eigenvalue weighted by atomic mass is 32.2. The van der Waals surface area contributed by atoms with Crippen LogP contribution < -0.4 is 10.6 Å². The third kappa shape index (κ3) is 5.88. The van der Waals surface area contributed by atoms with Gasteiger partial charge in [0.15, 0.2) is 0 Å². The zero-order chi connectivity index (χ0) is 22.3. The van der Waals surface area contributed by atoms with E-state index in [0.717, 1.165) is 38.4 Å². The van der Waals surface area contributed by atoms with E-state index in [1.165, 1.54) is 23.4 Å². The van der Waals surface area contributed by atoms with Gasteiger partial charge in [-0.1, -0.05) is 42.5 Å². The zero-order valence-electron chi connectivity index (χ0n) is 17.9. The smallest absolute Gasteiger partial charge is 0.243 e. The predicted octanol–water partition coefficient (Wildman–Crippen LogP) is 2.12.